The summed E-state index contributed by atoms with van der Waals surface area (Å²) in [5.74, 6) is 0.639. The maximum Gasteiger partial charge on any atom is 0.0601 e. The quantitative estimate of drug-likeness (QED) is 0.852. The van der Waals surface area contributed by atoms with Gasteiger partial charge in [-0.15, -0.1) is 11.3 Å². The third-order valence-corrected chi connectivity index (χ3v) is 4.32. The molecular weight excluding hydrogens is 218 g/mol. The zero-order chi connectivity index (χ0) is 11.5. The number of rotatable bonds is 5. The molecule has 0 bridgehead atoms. The standard InChI is InChI=1S/C13H21NOS/c1-9(2)13(12-5-4-6-16-12)14-10-7-11(8-10)15-3/h4-6,9-11,13-14H,7-8H2,1-3H3. The van der Waals surface area contributed by atoms with Gasteiger partial charge in [0, 0.05) is 24.1 Å². The van der Waals surface area contributed by atoms with E-state index < -0.39 is 0 Å². The van der Waals surface area contributed by atoms with Gasteiger partial charge in [0.25, 0.3) is 0 Å². The van der Waals surface area contributed by atoms with Crippen molar-refractivity contribution in [2.24, 2.45) is 5.92 Å². The van der Waals surface area contributed by atoms with Crippen LogP contribution >= 0.6 is 11.3 Å². The second-order valence-electron chi connectivity index (χ2n) is 4.93. The van der Waals surface area contributed by atoms with Crippen LogP contribution in [0.3, 0.4) is 0 Å². The summed E-state index contributed by atoms with van der Waals surface area (Å²) in [4.78, 5) is 1.45. The lowest BCUT2D eigenvalue weighted by molar-refractivity contribution is 0.0125. The van der Waals surface area contributed by atoms with Crippen molar-refractivity contribution in [2.45, 2.75) is 44.9 Å². The van der Waals surface area contributed by atoms with E-state index in [-0.39, 0.29) is 0 Å². The van der Waals surface area contributed by atoms with Crippen LogP contribution in [0, 0.1) is 5.92 Å². The summed E-state index contributed by atoms with van der Waals surface area (Å²) < 4.78 is 5.31. The SMILES string of the molecule is COC1CC(NC(c2cccs2)C(C)C)C1. The average Bonchev–Trinajstić information content (AvgIpc) is 2.68. The summed E-state index contributed by atoms with van der Waals surface area (Å²) in [6.07, 6.45) is 2.80. The maximum absolute atomic E-state index is 5.31. The van der Waals surface area contributed by atoms with E-state index in [9.17, 15) is 0 Å². The predicted octanol–water partition coefficient (Wildman–Crippen LogP) is 3.21. The smallest absolute Gasteiger partial charge is 0.0601 e. The maximum atomic E-state index is 5.31. The topological polar surface area (TPSA) is 21.3 Å². The first-order chi connectivity index (χ1) is 7.70. The van der Waals surface area contributed by atoms with Crippen molar-refractivity contribution < 1.29 is 4.74 Å². The molecule has 1 aromatic heterocycles. The van der Waals surface area contributed by atoms with E-state index in [1.54, 1.807) is 7.11 Å². The highest BCUT2D eigenvalue weighted by Gasteiger charge is 2.31. The van der Waals surface area contributed by atoms with E-state index in [2.05, 4.69) is 36.7 Å². The van der Waals surface area contributed by atoms with E-state index in [0.29, 0.717) is 24.1 Å². The Morgan fingerprint density at radius 1 is 1.44 bits per heavy atom. The minimum absolute atomic E-state index is 0.480. The van der Waals surface area contributed by atoms with Gasteiger partial charge in [0.15, 0.2) is 0 Å². The van der Waals surface area contributed by atoms with E-state index in [1.165, 1.54) is 4.88 Å². The number of hydrogen-bond donors (Lipinski definition) is 1. The summed E-state index contributed by atoms with van der Waals surface area (Å²) in [5, 5.41) is 5.91. The van der Waals surface area contributed by atoms with Crippen molar-refractivity contribution in [3.8, 4) is 0 Å². The molecule has 2 rings (SSSR count). The van der Waals surface area contributed by atoms with Crippen LogP contribution in [0.4, 0.5) is 0 Å². The van der Waals surface area contributed by atoms with Gasteiger partial charge in [-0.2, -0.15) is 0 Å². The van der Waals surface area contributed by atoms with Gasteiger partial charge in [0.05, 0.1) is 6.10 Å². The number of thiophene rings is 1. The molecule has 0 amide bonds. The summed E-state index contributed by atoms with van der Waals surface area (Å²) in [7, 11) is 1.81. The summed E-state index contributed by atoms with van der Waals surface area (Å²) in [5.41, 5.74) is 0. The van der Waals surface area contributed by atoms with Crippen LogP contribution in [-0.2, 0) is 4.74 Å². The van der Waals surface area contributed by atoms with E-state index in [0.717, 1.165) is 12.8 Å². The molecule has 1 N–H and O–H groups in total. The zero-order valence-electron chi connectivity index (χ0n) is 10.3. The van der Waals surface area contributed by atoms with Crippen LogP contribution in [0.15, 0.2) is 17.5 Å². The highest BCUT2D eigenvalue weighted by atomic mass is 32.1. The van der Waals surface area contributed by atoms with Crippen molar-refractivity contribution in [1.29, 1.82) is 0 Å². The average molecular weight is 239 g/mol. The van der Waals surface area contributed by atoms with Gasteiger partial charge in [-0.1, -0.05) is 19.9 Å². The second-order valence-corrected chi connectivity index (χ2v) is 5.91. The van der Waals surface area contributed by atoms with Crippen LogP contribution in [0.5, 0.6) is 0 Å². The molecule has 1 fully saturated rings. The fourth-order valence-corrected chi connectivity index (χ4v) is 3.18. The Balaban J connectivity index is 1.90. The van der Waals surface area contributed by atoms with Crippen molar-refractivity contribution in [2.75, 3.05) is 7.11 Å². The van der Waals surface area contributed by atoms with Gasteiger partial charge in [0.2, 0.25) is 0 Å². The fourth-order valence-electron chi connectivity index (χ4n) is 2.22. The minimum Gasteiger partial charge on any atom is -0.381 e. The molecule has 0 radical (unpaired) electrons. The Hall–Kier alpha value is -0.380. The monoisotopic (exact) mass is 239 g/mol. The van der Waals surface area contributed by atoms with Gasteiger partial charge in [0.1, 0.15) is 0 Å². The summed E-state index contributed by atoms with van der Waals surface area (Å²) in [6.45, 7) is 4.56. The molecule has 1 atom stereocenters. The Morgan fingerprint density at radius 3 is 2.69 bits per heavy atom. The molecule has 0 spiro atoms. The second kappa shape index (κ2) is 5.30. The molecule has 16 heavy (non-hydrogen) atoms. The largest absolute Gasteiger partial charge is 0.381 e. The summed E-state index contributed by atoms with van der Waals surface area (Å²) >= 11 is 1.85. The molecule has 1 heterocycles. The molecule has 3 heteroatoms. The number of ether oxygens (including phenoxy) is 1. The number of hydrogen-bond acceptors (Lipinski definition) is 3. The third-order valence-electron chi connectivity index (χ3n) is 3.36. The number of nitrogens with one attached hydrogen (secondary N) is 1. The van der Waals surface area contributed by atoms with Crippen LogP contribution in [0.2, 0.25) is 0 Å². The first kappa shape index (κ1) is 12.1. The fraction of sp³-hybridized carbons (Fsp3) is 0.692. The lowest BCUT2D eigenvalue weighted by atomic mass is 9.87. The normalized spacial score (nSPS) is 26.8. The first-order valence-corrected chi connectivity index (χ1v) is 6.91. The van der Waals surface area contributed by atoms with Crippen molar-refractivity contribution in [3.05, 3.63) is 22.4 Å². The van der Waals surface area contributed by atoms with Crippen molar-refractivity contribution in [3.63, 3.8) is 0 Å². The third kappa shape index (κ3) is 2.65. The number of methoxy groups -OCH3 is 1. The van der Waals surface area contributed by atoms with Crippen LogP contribution in [0.25, 0.3) is 0 Å². The molecular formula is C13H21NOS. The Labute approximate surface area is 102 Å². The Kier molecular flexibility index (Phi) is 4.00. The molecule has 1 aliphatic carbocycles. The molecule has 90 valence electrons. The predicted molar refractivity (Wildman–Crippen MR) is 68.9 cm³/mol. The van der Waals surface area contributed by atoms with Gasteiger partial charge in [-0.3, -0.25) is 0 Å². The zero-order valence-corrected chi connectivity index (χ0v) is 11.1. The Bertz CT molecular complexity index is 304. The molecule has 0 aromatic carbocycles. The van der Waals surface area contributed by atoms with Crippen molar-refractivity contribution in [1.82, 2.24) is 5.32 Å². The lowest BCUT2D eigenvalue weighted by Crippen LogP contribution is -2.47. The molecule has 2 nitrogen and oxygen atoms in total. The van der Waals surface area contributed by atoms with Gasteiger partial charge < -0.3 is 10.1 Å². The van der Waals surface area contributed by atoms with E-state index >= 15 is 0 Å². The van der Waals surface area contributed by atoms with Gasteiger partial charge >= 0.3 is 0 Å². The molecule has 1 saturated carbocycles. The van der Waals surface area contributed by atoms with Gasteiger partial charge in [-0.25, -0.2) is 0 Å². The minimum atomic E-state index is 0.480. The molecule has 1 unspecified atom stereocenters. The van der Waals surface area contributed by atoms with E-state index in [1.807, 2.05) is 11.3 Å². The lowest BCUT2D eigenvalue weighted by Gasteiger charge is -2.38. The summed E-state index contributed by atoms with van der Waals surface area (Å²) in [6, 6.07) is 5.51. The molecule has 0 saturated heterocycles. The first-order valence-electron chi connectivity index (χ1n) is 6.03. The molecule has 1 aromatic rings. The Morgan fingerprint density at radius 2 is 2.19 bits per heavy atom. The van der Waals surface area contributed by atoms with Gasteiger partial charge in [-0.05, 0) is 30.2 Å². The highest BCUT2D eigenvalue weighted by molar-refractivity contribution is 7.10. The highest BCUT2D eigenvalue weighted by Crippen LogP contribution is 2.30. The van der Waals surface area contributed by atoms with E-state index in [4.69, 9.17) is 4.74 Å². The van der Waals surface area contributed by atoms with Crippen LogP contribution < -0.4 is 5.32 Å². The molecule has 1 aliphatic rings. The molecule has 0 aliphatic heterocycles. The van der Waals surface area contributed by atoms with Crippen molar-refractivity contribution >= 4 is 11.3 Å². The van der Waals surface area contributed by atoms with Crippen LogP contribution in [0.1, 0.15) is 37.6 Å². The van der Waals surface area contributed by atoms with Crippen LogP contribution in [-0.4, -0.2) is 19.3 Å².